The van der Waals surface area contributed by atoms with Crippen LogP contribution in [-0.2, 0) is 11.0 Å². The van der Waals surface area contributed by atoms with Crippen molar-refractivity contribution in [2.75, 3.05) is 25.5 Å². The largest absolute Gasteiger partial charge is 0.325 e. The SMILES string of the molecule is CN(C(=O)Nc1ccc(-c2cc(F)cc(F)c2)nc1)C1CCN(S(=O)C2CC2)CC1. The molecule has 1 saturated heterocycles. The molecule has 4 rings (SSSR count). The van der Waals surface area contributed by atoms with E-state index in [0.717, 1.165) is 44.8 Å². The van der Waals surface area contributed by atoms with E-state index in [0.29, 0.717) is 22.2 Å². The van der Waals surface area contributed by atoms with Gasteiger partial charge in [-0.15, -0.1) is 0 Å². The van der Waals surface area contributed by atoms with Crippen molar-refractivity contribution in [1.82, 2.24) is 14.2 Å². The van der Waals surface area contributed by atoms with Gasteiger partial charge in [-0.1, -0.05) is 0 Å². The second kappa shape index (κ2) is 8.77. The molecule has 0 spiro atoms. The first-order valence-corrected chi connectivity index (χ1v) is 11.2. The molecule has 1 aliphatic carbocycles. The molecule has 1 unspecified atom stereocenters. The van der Waals surface area contributed by atoms with E-state index in [1.165, 1.54) is 18.3 Å². The van der Waals surface area contributed by atoms with E-state index in [2.05, 4.69) is 10.3 Å². The number of rotatable bonds is 5. The topological polar surface area (TPSA) is 65.5 Å². The number of halogens is 2. The van der Waals surface area contributed by atoms with Gasteiger partial charge in [0.05, 0.1) is 28.6 Å². The third kappa shape index (κ3) is 4.84. The van der Waals surface area contributed by atoms with Gasteiger partial charge >= 0.3 is 6.03 Å². The lowest BCUT2D eigenvalue weighted by Crippen LogP contribution is -2.47. The maximum Gasteiger partial charge on any atom is 0.321 e. The molecule has 2 heterocycles. The molecule has 0 bridgehead atoms. The van der Waals surface area contributed by atoms with Crippen LogP contribution in [0, 0.1) is 11.6 Å². The van der Waals surface area contributed by atoms with E-state index in [-0.39, 0.29) is 12.1 Å². The van der Waals surface area contributed by atoms with Crippen molar-refractivity contribution in [3.8, 4) is 11.3 Å². The van der Waals surface area contributed by atoms with Crippen molar-refractivity contribution in [1.29, 1.82) is 0 Å². The molecule has 1 N–H and O–H groups in total. The van der Waals surface area contributed by atoms with Gasteiger partial charge in [-0.3, -0.25) is 4.98 Å². The molecule has 2 amide bonds. The number of aromatic nitrogens is 1. The molecule has 2 aromatic rings. The summed E-state index contributed by atoms with van der Waals surface area (Å²) in [7, 11) is 0.875. The predicted octanol–water partition coefficient (Wildman–Crippen LogP) is 3.78. The second-order valence-electron chi connectivity index (χ2n) is 7.77. The summed E-state index contributed by atoms with van der Waals surface area (Å²) in [5.41, 5.74) is 1.24. The van der Waals surface area contributed by atoms with E-state index in [1.54, 1.807) is 24.1 Å². The highest BCUT2D eigenvalue weighted by Crippen LogP contribution is 2.30. The van der Waals surface area contributed by atoms with Crippen LogP contribution >= 0.6 is 0 Å². The summed E-state index contributed by atoms with van der Waals surface area (Å²) >= 11 is 0. The molecule has 160 valence electrons. The minimum atomic E-state index is -0.880. The lowest BCUT2D eigenvalue weighted by Gasteiger charge is -2.36. The molecule has 2 fully saturated rings. The van der Waals surface area contributed by atoms with Gasteiger partial charge in [0.15, 0.2) is 0 Å². The molecule has 6 nitrogen and oxygen atoms in total. The van der Waals surface area contributed by atoms with Gasteiger partial charge in [-0.25, -0.2) is 22.1 Å². The van der Waals surface area contributed by atoms with Crippen LogP contribution < -0.4 is 5.32 Å². The molecule has 9 heteroatoms. The Morgan fingerprint density at radius 2 is 1.80 bits per heavy atom. The predicted molar refractivity (Wildman–Crippen MR) is 112 cm³/mol. The molecule has 1 aliphatic heterocycles. The summed E-state index contributed by atoms with van der Waals surface area (Å²) < 4.78 is 41.1. The van der Waals surface area contributed by atoms with Crippen molar-refractivity contribution in [3.63, 3.8) is 0 Å². The summed E-state index contributed by atoms with van der Waals surface area (Å²) in [4.78, 5) is 18.5. The summed E-state index contributed by atoms with van der Waals surface area (Å²) in [6.07, 6.45) is 5.13. The number of nitrogens with one attached hydrogen (secondary N) is 1. The average Bonchev–Trinajstić information content (AvgIpc) is 3.58. The maximum atomic E-state index is 13.4. The van der Waals surface area contributed by atoms with Gasteiger partial charge < -0.3 is 10.2 Å². The van der Waals surface area contributed by atoms with Gasteiger partial charge in [0.25, 0.3) is 0 Å². The number of carbonyl (C=O) groups excluding carboxylic acids is 1. The van der Waals surface area contributed by atoms with Crippen molar-refractivity contribution in [2.24, 2.45) is 0 Å². The first kappa shape index (κ1) is 20.9. The zero-order chi connectivity index (χ0) is 21.3. The number of piperidine rings is 1. The Bertz CT molecular complexity index is 924. The Labute approximate surface area is 176 Å². The first-order chi connectivity index (χ1) is 14.4. The lowest BCUT2D eigenvalue weighted by molar-refractivity contribution is 0.175. The highest BCUT2D eigenvalue weighted by Gasteiger charge is 2.35. The molecular formula is C21H24F2N4O2S. The Morgan fingerprint density at radius 3 is 2.37 bits per heavy atom. The molecule has 1 aromatic heterocycles. The number of amides is 2. The molecule has 30 heavy (non-hydrogen) atoms. The Morgan fingerprint density at radius 1 is 1.13 bits per heavy atom. The minimum absolute atomic E-state index is 0.0833. The molecule has 0 radical (unpaired) electrons. The lowest BCUT2D eigenvalue weighted by atomic mass is 10.1. The summed E-state index contributed by atoms with van der Waals surface area (Å²) in [5.74, 6) is -1.34. The standard InChI is InChI=1S/C21H24F2N4O2S/c1-26(18-6-8-27(9-7-18)30(29)19-3-4-19)21(28)25-17-2-5-20(24-13-17)14-10-15(22)12-16(23)11-14/h2,5,10-13,18-19H,3-4,6-9H2,1H3,(H,25,28). The highest BCUT2D eigenvalue weighted by atomic mass is 32.2. The van der Waals surface area contributed by atoms with Crippen molar-refractivity contribution in [2.45, 2.75) is 37.0 Å². The maximum absolute atomic E-state index is 13.4. The van der Waals surface area contributed by atoms with Crippen LogP contribution in [-0.4, -0.2) is 55.9 Å². The van der Waals surface area contributed by atoms with Gasteiger partial charge in [0, 0.05) is 43.1 Å². The zero-order valence-electron chi connectivity index (χ0n) is 16.7. The number of pyridine rings is 1. The minimum Gasteiger partial charge on any atom is -0.325 e. The third-order valence-corrected chi connectivity index (χ3v) is 7.44. The van der Waals surface area contributed by atoms with E-state index >= 15 is 0 Å². The van der Waals surface area contributed by atoms with Crippen molar-refractivity contribution < 1.29 is 17.8 Å². The van der Waals surface area contributed by atoms with Crippen LogP contribution in [0.3, 0.4) is 0 Å². The van der Waals surface area contributed by atoms with Crippen LogP contribution in [0.5, 0.6) is 0 Å². The molecule has 1 saturated carbocycles. The molecule has 1 aromatic carbocycles. The number of hydrogen-bond donors (Lipinski definition) is 1. The second-order valence-corrected chi connectivity index (χ2v) is 9.50. The van der Waals surface area contributed by atoms with E-state index in [4.69, 9.17) is 0 Å². The first-order valence-electron chi connectivity index (χ1n) is 10.0. The summed E-state index contributed by atoms with van der Waals surface area (Å²) in [5, 5.41) is 3.14. The number of nitrogens with zero attached hydrogens (tertiary/aromatic N) is 3. The highest BCUT2D eigenvalue weighted by molar-refractivity contribution is 7.83. The fraction of sp³-hybridized carbons (Fsp3) is 0.429. The third-order valence-electron chi connectivity index (χ3n) is 5.53. The van der Waals surface area contributed by atoms with Gasteiger partial charge in [-0.2, -0.15) is 0 Å². The molecule has 2 aliphatic rings. The van der Waals surface area contributed by atoms with Gasteiger partial charge in [0.1, 0.15) is 11.6 Å². The Hall–Kier alpha value is -2.39. The fourth-order valence-electron chi connectivity index (χ4n) is 3.61. The molecular weight excluding hydrogens is 410 g/mol. The van der Waals surface area contributed by atoms with Crippen molar-refractivity contribution in [3.05, 3.63) is 48.2 Å². The van der Waals surface area contributed by atoms with Crippen LogP contribution in [0.4, 0.5) is 19.3 Å². The van der Waals surface area contributed by atoms with Crippen LogP contribution in [0.15, 0.2) is 36.5 Å². The number of hydrogen-bond acceptors (Lipinski definition) is 3. The van der Waals surface area contributed by atoms with Crippen LogP contribution in [0.25, 0.3) is 11.3 Å². The number of urea groups is 1. The monoisotopic (exact) mass is 434 g/mol. The number of carbonyl (C=O) groups is 1. The van der Waals surface area contributed by atoms with Gasteiger partial charge in [0.2, 0.25) is 0 Å². The van der Waals surface area contributed by atoms with Crippen LogP contribution in [0.1, 0.15) is 25.7 Å². The zero-order valence-corrected chi connectivity index (χ0v) is 17.5. The average molecular weight is 435 g/mol. The van der Waals surface area contributed by atoms with Crippen molar-refractivity contribution >= 4 is 22.7 Å². The summed E-state index contributed by atoms with van der Waals surface area (Å²) in [6.45, 7) is 1.46. The Kier molecular flexibility index (Phi) is 6.10. The quantitative estimate of drug-likeness (QED) is 0.779. The van der Waals surface area contributed by atoms with Crippen LogP contribution in [0.2, 0.25) is 0 Å². The van der Waals surface area contributed by atoms with Gasteiger partial charge in [-0.05, 0) is 49.9 Å². The van der Waals surface area contributed by atoms with E-state index < -0.39 is 22.6 Å². The summed E-state index contributed by atoms with van der Waals surface area (Å²) in [6, 6.07) is 6.32. The number of anilines is 1. The molecule has 1 atom stereocenters. The fourth-order valence-corrected chi connectivity index (χ4v) is 5.14. The van der Waals surface area contributed by atoms with E-state index in [1.807, 2.05) is 4.31 Å². The number of benzene rings is 1. The Balaban J connectivity index is 1.32. The van der Waals surface area contributed by atoms with E-state index in [9.17, 15) is 17.8 Å². The normalized spacial score (nSPS) is 18.8. The smallest absolute Gasteiger partial charge is 0.321 e.